The first-order valence-corrected chi connectivity index (χ1v) is 13.4. The molecule has 3 aliphatic rings. The standard InChI is InChI=1S/C28H36N6O4/c1-16-8-18-12-29-34(26-11-25(30-17(2)31-26)33-13-20-9-19(33)15-37-20)23(18)10-22(16)21-6-7-32(14-24(21)35)27(36)38-28(3,4)5/h8,10-12,19-21,24,35H,6-7,9,13-15H2,1-5H3. The maximum atomic E-state index is 12.6. The molecule has 4 unspecified atom stereocenters. The number of anilines is 1. The fourth-order valence-corrected chi connectivity index (χ4v) is 6.05. The fraction of sp³-hybridized carbons (Fsp3) is 0.571. The normalized spacial score (nSPS) is 25.4. The van der Waals surface area contributed by atoms with Crippen molar-refractivity contribution >= 4 is 22.8 Å². The van der Waals surface area contributed by atoms with E-state index in [1.54, 1.807) is 4.90 Å². The number of aliphatic hydroxyl groups is 1. The molecule has 2 aromatic heterocycles. The number of rotatable bonds is 3. The summed E-state index contributed by atoms with van der Waals surface area (Å²) in [5, 5.41) is 16.8. The molecule has 1 aromatic carbocycles. The lowest BCUT2D eigenvalue weighted by atomic mass is 9.84. The number of carbonyl (C=O) groups excluding carboxylic acids is 1. The molecule has 202 valence electrons. The second-order valence-electron chi connectivity index (χ2n) is 11.8. The maximum absolute atomic E-state index is 12.6. The molecule has 6 rings (SSSR count). The number of ether oxygens (including phenoxy) is 2. The minimum absolute atomic E-state index is 0.0933. The van der Waals surface area contributed by atoms with Gasteiger partial charge in [-0.1, -0.05) is 0 Å². The highest BCUT2D eigenvalue weighted by Gasteiger charge is 2.40. The summed E-state index contributed by atoms with van der Waals surface area (Å²) < 4.78 is 13.2. The van der Waals surface area contributed by atoms with Gasteiger partial charge in [0.05, 0.1) is 43.1 Å². The van der Waals surface area contributed by atoms with Gasteiger partial charge in [0.2, 0.25) is 0 Å². The topological polar surface area (TPSA) is 106 Å². The van der Waals surface area contributed by atoms with E-state index in [-0.39, 0.29) is 24.7 Å². The number of carbonyl (C=O) groups is 1. The van der Waals surface area contributed by atoms with E-state index in [9.17, 15) is 9.90 Å². The van der Waals surface area contributed by atoms with E-state index in [1.165, 1.54) is 0 Å². The molecular formula is C28H36N6O4. The van der Waals surface area contributed by atoms with Crippen LogP contribution in [0.15, 0.2) is 24.4 Å². The van der Waals surface area contributed by atoms with Crippen LogP contribution in [-0.2, 0) is 9.47 Å². The average Bonchev–Trinajstić information content (AvgIpc) is 3.58. The summed E-state index contributed by atoms with van der Waals surface area (Å²) in [6, 6.07) is 6.61. The quantitative estimate of drug-likeness (QED) is 0.560. The van der Waals surface area contributed by atoms with Crippen molar-refractivity contribution in [2.45, 2.75) is 77.2 Å². The van der Waals surface area contributed by atoms with Crippen LogP contribution in [0.4, 0.5) is 10.6 Å². The average molecular weight is 521 g/mol. The number of aromatic nitrogens is 4. The van der Waals surface area contributed by atoms with E-state index >= 15 is 0 Å². The Morgan fingerprint density at radius 2 is 1.92 bits per heavy atom. The van der Waals surface area contributed by atoms with Crippen molar-refractivity contribution in [3.05, 3.63) is 41.3 Å². The first kappa shape index (κ1) is 25.1. The van der Waals surface area contributed by atoms with Gasteiger partial charge in [0.15, 0.2) is 5.82 Å². The Bertz CT molecular complexity index is 1380. The van der Waals surface area contributed by atoms with Gasteiger partial charge in [-0.2, -0.15) is 5.10 Å². The third-order valence-corrected chi connectivity index (χ3v) is 7.81. The van der Waals surface area contributed by atoms with Gasteiger partial charge in [-0.15, -0.1) is 0 Å². The predicted molar refractivity (Wildman–Crippen MR) is 143 cm³/mol. The number of benzene rings is 1. The zero-order valence-corrected chi connectivity index (χ0v) is 22.7. The minimum Gasteiger partial charge on any atom is -0.444 e. The van der Waals surface area contributed by atoms with Gasteiger partial charge in [0.1, 0.15) is 17.2 Å². The molecule has 38 heavy (non-hydrogen) atoms. The van der Waals surface area contributed by atoms with Gasteiger partial charge in [-0.3, -0.25) is 0 Å². The molecule has 10 nitrogen and oxygen atoms in total. The summed E-state index contributed by atoms with van der Waals surface area (Å²) in [5.41, 5.74) is 2.53. The Balaban J connectivity index is 1.29. The Labute approximate surface area is 222 Å². The van der Waals surface area contributed by atoms with E-state index in [4.69, 9.17) is 19.4 Å². The lowest BCUT2D eigenvalue weighted by molar-refractivity contribution is -0.00155. The zero-order valence-electron chi connectivity index (χ0n) is 22.7. The number of β-amino-alcohol motifs (C(OH)–C–C–N with tert-alkyl or cyclic N) is 1. The summed E-state index contributed by atoms with van der Waals surface area (Å²) >= 11 is 0. The number of aryl methyl sites for hydroxylation is 2. The molecule has 0 saturated carbocycles. The number of hydrogen-bond donors (Lipinski definition) is 1. The monoisotopic (exact) mass is 520 g/mol. The molecule has 0 radical (unpaired) electrons. The molecule has 4 atom stereocenters. The van der Waals surface area contributed by atoms with Crippen molar-refractivity contribution < 1.29 is 19.4 Å². The van der Waals surface area contributed by atoms with Crippen molar-refractivity contribution in [1.29, 1.82) is 0 Å². The SMILES string of the molecule is Cc1nc(N2CC3CC2CO3)cc(-n2ncc3cc(C)c(C4CCN(C(=O)OC(C)(C)C)CC4O)cc32)n1. The number of nitrogens with zero attached hydrogens (tertiary/aromatic N) is 6. The molecule has 3 aromatic rings. The van der Waals surface area contributed by atoms with Crippen LogP contribution in [0.25, 0.3) is 16.7 Å². The van der Waals surface area contributed by atoms with Gasteiger partial charge in [-0.25, -0.2) is 19.4 Å². The highest BCUT2D eigenvalue weighted by Crippen LogP contribution is 2.35. The Hall–Kier alpha value is -3.24. The lowest BCUT2D eigenvalue weighted by Crippen LogP contribution is -2.47. The smallest absolute Gasteiger partial charge is 0.410 e. The van der Waals surface area contributed by atoms with Crippen LogP contribution >= 0.6 is 0 Å². The summed E-state index contributed by atoms with van der Waals surface area (Å²) in [5.74, 6) is 2.23. The van der Waals surface area contributed by atoms with Crippen molar-refractivity contribution in [3.8, 4) is 5.82 Å². The first-order chi connectivity index (χ1) is 18.1. The van der Waals surface area contributed by atoms with Crippen LogP contribution in [0.5, 0.6) is 0 Å². The molecule has 3 aliphatic heterocycles. The number of piperidine rings is 1. The Morgan fingerprint density at radius 3 is 2.61 bits per heavy atom. The molecule has 0 spiro atoms. The second kappa shape index (κ2) is 9.20. The summed E-state index contributed by atoms with van der Waals surface area (Å²) in [7, 11) is 0. The summed E-state index contributed by atoms with van der Waals surface area (Å²) in [6.45, 7) is 11.9. The summed E-state index contributed by atoms with van der Waals surface area (Å²) in [4.78, 5) is 25.9. The van der Waals surface area contributed by atoms with Gasteiger partial charge < -0.3 is 24.4 Å². The number of amides is 1. The number of likely N-dealkylation sites (tertiary alicyclic amines) is 1. The van der Waals surface area contributed by atoms with E-state index in [0.717, 1.165) is 53.2 Å². The van der Waals surface area contributed by atoms with Gasteiger partial charge in [-0.05, 0) is 70.7 Å². The number of aliphatic hydroxyl groups excluding tert-OH is 1. The predicted octanol–water partition coefficient (Wildman–Crippen LogP) is 3.50. The first-order valence-electron chi connectivity index (χ1n) is 13.4. The van der Waals surface area contributed by atoms with Crippen LogP contribution in [0.2, 0.25) is 0 Å². The van der Waals surface area contributed by atoms with Crippen LogP contribution in [-0.4, -0.2) is 85.9 Å². The van der Waals surface area contributed by atoms with E-state index < -0.39 is 11.7 Å². The molecule has 3 saturated heterocycles. The second-order valence-corrected chi connectivity index (χ2v) is 11.8. The van der Waals surface area contributed by atoms with Gasteiger partial charge >= 0.3 is 6.09 Å². The number of fused-ring (bicyclic) bond motifs is 3. The third-order valence-electron chi connectivity index (χ3n) is 7.81. The largest absolute Gasteiger partial charge is 0.444 e. The third kappa shape index (κ3) is 4.60. The van der Waals surface area contributed by atoms with Gasteiger partial charge in [0, 0.05) is 30.5 Å². The van der Waals surface area contributed by atoms with Crippen LogP contribution in [0, 0.1) is 13.8 Å². The van der Waals surface area contributed by atoms with Crippen molar-refractivity contribution in [2.24, 2.45) is 0 Å². The Morgan fingerprint density at radius 1 is 1.13 bits per heavy atom. The van der Waals surface area contributed by atoms with Crippen LogP contribution in [0.1, 0.15) is 56.5 Å². The van der Waals surface area contributed by atoms with E-state index in [1.807, 2.05) is 44.6 Å². The zero-order chi connectivity index (χ0) is 26.8. The minimum atomic E-state index is -0.690. The van der Waals surface area contributed by atoms with Crippen LogP contribution < -0.4 is 4.90 Å². The van der Waals surface area contributed by atoms with Crippen molar-refractivity contribution in [2.75, 3.05) is 31.1 Å². The summed E-state index contributed by atoms with van der Waals surface area (Å²) in [6.07, 6.45) is 2.76. The molecule has 1 amide bonds. The number of hydrogen-bond acceptors (Lipinski definition) is 8. The van der Waals surface area contributed by atoms with E-state index in [0.29, 0.717) is 24.8 Å². The molecule has 10 heteroatoms. The Kier molecular flexibility index (Phi) is 6.07. The van der Waals surface area contributed by atoms with Crippen molar-refractivity contribution in [1.82, 2.24) is 24.6 Å². The van der Waals surface area contributed by atoms with E-state index in [2.05, 4.69) is 29.1 Å². The number of morpholine rings is 1. The fourth-order valence-electron chi connectivity index (χ4n) is 6.05. The van der Waals surface area contributed by atoms with Crippen LogP contribution in [0.3, 0.4) is 0 Å². The molecule has 5 heterocycles. The maximum Gasteiger partial charge on any atom is 0.410 e. The highest BCUT2D eigenvalue weighted by atomic mass is 16.6. The molecule has 1 N–H and O–H groups in total. The highest BCUT2D eigenvalue weighted by molar-refractivity contribution is 5.82. The molecule has 0 aliphatic carbocycles. The lowest BCUT2D eigenvalue weighted by Gasteiger charge is -2.37. The molecule has 2 bridgehead atoms. The van der Waals surface area contributed by atoms with Gasteiger partial charge in [0.25, 0.3) is 0 Å². The molecular weight excluding hydrogens is 484 g/mol. The molecule has 3 fully saturated rings. The van der Waals surface area contributed by atoms with Crippen molar-refractivity contribution in [3.63, 3.8) is 0 Å².